The van der Waals surface area contributed by atoms with Crippen LogP contribution in [-0.2, 0) is 0 Å². The molecule has 0 aromatic heterocycles. The van der Waals surface area contributed by atoms with Crippen molar-refractivity contribution in [2.24, 2.45) is 0 Å². The molecule has 0 spiro atoms. The summed E-state index contributed by atoms with van der Waals surface area (Å²) in [6.07, 6.45) is 11.8. The molecule has 0 fully saturated rings. The summed E-state index contributed by atoms with van der Waals surface area (Å²) in [7, 11) is 0. The van der Waals surface area contributed by atoms with E-state index in [0.29, 0.717) is 0 Å². The number of nitrogens with zero attached hydrogens (tertiary/aromatic N) is 3. The zero-order valence-corrected chi connectivity index (χ0v) is 15.8. The van der Waals surface area contributed by atoms with Crippen molar-refractivity contribution >= 4 is 11.8 Å². The van der Waals surface area contributed by atoms with E-state index in [2.05, 4.69) is 30.9 Å². The number of hydrogen-bond donors (Lipinski definition) is 0. The maximum Gasteiger partial charge on any atom is 0.130 e. The fourth-order valence-corrected chi connectivity index (χ4v) is 2.87. The molecule has 0 saturated heterocycles. The Hall–Kier alpha value is -2.26. The Balaban J connectivity index is 2.73. The van der Waals surface area contributed by atoms with Crippen LogP contribution in [0.2, 0.25) is 0 Å². The molecule has 0 saturated carbocycles. The van der Waals surface area contributed by atoms with Gasteiger partial charge >= 0.3 is 0 Å². The van der Waals surface area contributed by atoms with E-state index >= 15 is 0 Å². The normalized spacial score (nSPS) is 9.92. The van der Waals surface area contributed by atoms with Crippen LogP contribution in [0.5, 0.6) is 0 Å². The Labute approximate surface area is 153 Å². The van der Waals surface area contributed by atoms with Gasteiger partial charge in [-0.2, -0.15) is 10.5 Å². The van der Waals surface area contributed by atoms with Gasteiger partial charge in [0.05, 0.1) is 0 Å². The molecule has 0 amide bonds. The van der Waals surface area contributed by atoms with E-state index in [1.807, 2.05) is 24.3 Å². The Bertz CT molecular complexity index is 559. The van der Waals surface area contributed by atoms with Gasteiger partial charge in [-0.15, -0.1) is 0 Å². The Morgan fingerprint density at radius 1 is 0.840 bits per heavy atom. The first-order valence-electron chi connectivity index (χ1n) is 9.62. The van der Waals surface area contributed by atoms with Crippen LogP contribution < -0.4 is 4.90 Å². The van der Waals surface area contributed by atoms with Crippen LogP contribution in [0.1, 0.15) is 70.8 Å². The third kappa shape index (κ3) is 8.41. The topological polar surface area (TPSA) is 50.8 Å². The molecule has 0 atom stereocenters. The number of anilines is 1. The second-order valence-corrected chi connectivity index (χ2v) is 6.48. The highest BCUT2D eigenvalue weighted by molar-refractivity contribution is 5.64. The largest absolute Gasteiger partial charge is 0.372 e. The number of benzene rings is 1. The predicted octanol–water partition coefficient (Wildman–Crippen LogP) is 6.08. The summed E-state index contributed by atoms with van der Waals surface area (Å²) in [5.41, 5.74) is 2.28. The minimum atomic E-state index is 0.142. The summed E-state index contributed by atoms with van der Waals surface area (Å²) in [6.45, 7) is 6.68. The van der Waals surface area contributed by atoms with E-state index < -0.39 is 0 Å². The SMILES string of the molecule is CCCCCCN(CCCCCC)c1ccc(C=C(C#N)C#N)cc1. The van der Waals surface area contributed by atoms with Gasteiger partial charge in [-0.05, 0) is 36.6 Å². The minimum absolute atomic E-state index is 0.142. The average Bonchev–Trinajstić information content (AvgIpc) is 2.65. The third-order valence-corrected chi connectivity index (χ3v) is 4.37. The fraction of sp³-hybridized carbons (Fsp3) is 0.545. The van der Waals surface area contributed by atoms with Crippen LogP contribution in [0.4, 0.5) is 5.69 Å². The zero-order chi connectivity index (χ0) is 18.3. The van der Waals surface area contributed by atoms with Gasteiger partial charge in [-0.3, -0.25) is 0 Å². The molecule has 0 radical (unpaired) electrons. The second kappa shape index (κ2) is 13.1. The summed E-state index contributed by atoms with van der Waals surface area (Å²) in [4.78, 5) is 2.48. The molecule has 25 heavy (non-hydrogen) atoms. The molecular weight excluding hydrogens is 306 g/mol. The molecule has 0 aliphatic heterocycles. The van der Waals surface area contributed by atoms with Crippen molar-refractivity contribution in [3.05, 3.63) is 35.4 Å². The quantitative estimate of drug-likeness (QED) is 0.343. The maximum absolute atomic E-state index is 8.86. The monoisotopic (exact) mass is 337 g/mol. The van der Waals surface area contributed by atoms with E-state index in [9.17, 15) is 0 Å². The lowest BCUT2D eigenvalue weighted by molar-refractivity contribution is 0.609. The second-order valence-electron chi connectivity index (χ2n) is 6.48. The molecule has 0 unspecified atom stereocenters. The van der Waals surface area contributed by atoms with Crippen molar-refractivity contribution in [1.29, 1.82) is 10.5 Å². The van der Waals surface area contributed by atoms with Crippen molar-refractivity contribution < 1.29 is 0 Å². The molecule has 0 heterocycles. The van der Waals surface area contributed by atoms with Crippen molar-refractivity contribution in [3.63, 3.8) is 0 Å². The first-order valence-corrected chi connectivity index (χ1v) is 9.62. The summed E-state index contributed by atoms with van der Waals surface area (Å²) in [5.74, 6) is 0. The highest BCUT2D eigenvalue weighted by Gasteiger charge is 2.06. The lowest BCUT2D eigenvalue weighted by Crippen LogP contribution is -2.25. The number of rotatable bonds is 12. The van der Waals surface area contributed by atoms with Gasteiger partial charge in [-0.25, -0.2) is 0 Å². The zero-order valence-electron chi connectivity index (χ0n) is 15.8. The van der Waals surface area contributed by atoms with Gasteiger partial charge in [0, 0.05) is 18.8 Å². The lowest BCUT2D eigenvalue weighted by Gasteiger charge is -2.25. The predicted molar refractivity (Wildman–Crippen MR) is 106 cm³/mol. The number of unbranched alkanes of at least 4 members (excludes halogenated alkanes) is 6. The van der Waals surface area contributed by atoms with Gasteiger partial charge < -0.3 is 4.90 Å². The molecule has 3 heteroatoms. The van der Waals surface area contributed by atoms with Crippen molar-refractivity contribution in [1.82, 2.24) is 0 Å². The standard InChI is InChI=1S/C22H31N3/c1-3-5-7-9-15-25(16-10-8-6-4-2)22-13-11-20(12-14-22)17-21(18-23)19-24/h11-14,17H,3-10,15-16H2,1-2H3. The highest BCUT2D eigenvalue weighted by atomic mass is 15.1. The van der Waals surface area contributed by atoms with Crippen LogP contribution in [0.3, 0.4) is 0 Å². The van der Waals surface area contributed by atoms with Gasteiger partial charge in [0.2, 0.25) is 0 Å². The van der Waals surface area contributed by atoms with Crippen LogP contribution in [0.15, 0.2) is 29.8 Å². The van der Waals surface area contributed by atoms with Crippen molar-refractivity contribution in [2.45, 2.75) is 65.2 Å². The average molecular weight is 338 g/mol. The maximum atomic E-state index is 8.86. The first-order chi connectivity index (χ1) is 12.2. The van der Waals surface area contributed by atoms with Gasteiger partial charge in [0.25, 0.3) is 0 Å². The van der Waals surface area contributed by atoms with E-state index in [1.165, 1.54) is 57.1 Å². The van der Waals surface area contributed by atoms with Crippen molar-refractivity contribution in [3.8, 4) is 12.1 Å². The number of allylic oxidation sites excluding steroid dienone is 1. The molecule has 1 aromatic rings. The highest BCUT2D eigenvalue weighted by Crippen LogP contribution is 2.19. The summed E-state index contributed by atoms with van der Waals surface area (Å²) in [5, 5.41) is 17.7. The Morgan fingerprint density at radius 3 is 1.80 bits per heavy atom. The third-order valence-electron chi connectivity index (χ3n) is 4.37. The smallest absolute Gasteiger partial charge is 0.130 e. The van der Waals surface area contributed by atoms with E-state index in [0.717, 1.165) is 18.7 Å². The number of hydrogen-bond acceptors (Lipinski definition) is 3. The van der Waals surface area contributed by atoms with Crippen molar-refractivity contribution in [2.75, 3.05) is 18.0 Å². The summed E-state index contributed by atoms with van der Waals surface area (Å²) < 4.78 is 0. The number of nitriles is 2. The molecule has 0 aliphatic rings. The molecule has 1 aromatic carbocycles. The molecule has 134 valence electrons. The van der Waals surface area contributed by atoms with Crippen LogP contribution in [-0.4, -0.2) is 13.1 Å². The fourth-order valence-electron chi connectivity index (χ4n) is 2.87. The first kappa shape index (κ1) is 20.8. The van der Waals surface area contributed by atoms with E-state index in [1.54, 1.807) is 6.08 Å². The molecule has 1 rings (SSSR count). The van der Waals surface area contributed by atoms with Crippen LogP contribution in [0.25, 0.3) is 6.08 Å². The van der Waals surface area contributed by atoms with E-state index in [-0.39, 0.29) is 5.57 Å². The summed E-state index contributed by atoms with van der Waals surface area (Å²) >= 11 is 0. The lowest BCUT2D eigenvalue weighted by atomic mass is 10.1. The van der Waals surface area contributed by atoms with E-state index in [4.69, 9.17) is 10.5 Å². The van der Waals surface area contributed by atoms with Gasteiger partial charge in [-0.1, -0.05) is 64.5 Å². The molecule has 0 bridgehead atoms. The summed E-state index contributed by atoms with van der Waals surface area (Å²) in [6, 6.07) is 12.0. The molecular formula is C22H31N3. The molecule has 3 nitrogen and oxygen atoms in total. The Morgan fingerprint density at radius 2 is 1.36 bits per heavy atom. The van der Waals surface area contributed by atoms with Gasteiger partial charge in [0.15, 0.2) is 0 Å². The Kier molecular flexibility index (Phi) is 10.9. The molecule has 0 aliphatic carbocycles. The van der Waals surface area contributed by atoms with Crippen LogP contribution >= 0.6 is 0 Å². The minimum Gasteiger partial charge on any atom is -0.372 e. The van der Waals surface area contributed by atoms with Gasteiger partial charge in [0.1, 0.15) is 17.7 Å². The van der Waals surface area contributed by atoms with Crippen LogP contribution in [0, 0.1) is 22.7 Å². The molecule has 0 N–H and O–H groups in total.